The lowest BCUT2D eigenvalue weighted by Gasteiger charge is -2.29. The summed E-state index contributed by atoms with van der Waals surface area (Å²) in [7, 11) is 0. The van der Waals surface area contributed by atoms with E-state index in [9.17, 15) is 0 Å². The van der Waals surface area contributed by atoms with E-state index in [0.717, 1.165) is 23.1 Å². The average molecular weight is 409 g/mol. The van der Waals surface area contributed by atoms with Gasteiger partial charge < -0.3 is 0 Å². The Labute approximate surface area is 184 Å². The van der Waals surface area contributed by atoms with E-state index in [0.29, 0.717) is 0 Å². The number of rotatable bonds is 5. The van der Waals surface area contributed by atoms with Gasteiger partial charge in [0.15, 0.2) is 0 Å². The Bertz CT molecular complexity index is 1100. The molecule has 148 valence electrons. The normalized spacial score (nSPS) is 20.1. The van der Waals surface area contributed by atoms with Crippen molar-refractivity contribution >= 4 is 11.6 Å². The van der Waals surface area contributed by atoms with Crippen LogP contribution >= 0.6 is 11.6 Å². The van der Waals surface area contributed by atoms with E-state index in [4.69, 9.17) is 11.6 Å². The van der Waals surface area contributed by atoms with Gasteiger partial charge in [0.1, 0.15) is 4.87 Å². The van der Waals surface area contributed by atoms with Crippen LogP contribution in [0.15, 0.2) is 127 Å². The predicted molar refractivity (Wildman–Crippen MR) is 129 cm³/mol. The van der Waals surface area contributed by atoms with E-state index in [1.54, 1.807) is 0 Å². The van der Waals surface area contributed by atoms with Gasteiger partial charge in [0, 0.05) is 0 Å². The van der Waals surface area contributed by atoms with E-state index in [2.05, 4.69) is 104 Å². The fraction of sp³-hybridized carbons (Fsp3) is 0.103. The topological polar surface area (TPSA) is 0 Å². The van der Waals surface area contributed by atoms with E-state index < -0.39 is 4.87 Å². The van der Waals surface area contributed by atoms with Gasteiger partial charge in [-0.2, -0.15) is 0 Å². The van der Waals surface area contributed by atoms with Crippen molar-refractivity contribution in [2.24, 2.45) is 0 Å². The van der Waals surface area contributed by atoms with E-state index in [1.807, 2.05) is 24.3 Å². The summed E-state index contributed by atoms with van der Waals surface area (Å²) >= 11 is 7.41. The van der Waals surface area contributed by atoms with E-state index in [1.165, 1.54) is 16.7 Å². The summed E-state index contributed by atoms with van der Waals surface area (Å²) < 4.78 is 0. The van der Waals surface area contributed by atoms with Gasteiger partial charge in [-0.25, -0.2) is 0 Å². The van der Waals surface area contributed by atoms with Crippen LogP contribution in [0, 0.1) is 6.92 Å². The molecule has 0 spiro atoms. The van der Waals surface area contributed by atoms with Crippen LogP contribution in [-0.2, 0) is 11.3 Å². The van der Waals surface area contributed by atoms with Crippen LogP contribution in [0.25, 0.3) is 0 Å². The second-order valence-electron chi connectivity index (χ2n) is 7.63. The zero-order chi connectivity index (χ0) is 20.8. The van der Waals surface area contributed by atoms with Gasteiger partial charge in [-0.05, 0) is 41.2 Å². The number of allylic oxidation sites excluding steroid dienone is 8. The van der Waals surface area contributed by atoms with Gasteiger partial charge in [0.05, 0.1) is 0 Å². The lowest BCUT2D eigenvalue weighted by atomic mass is 9.83. The van der Waals surface area contributed by atoms with Crippen LogP contribution in [-0.4, -0.2) is 0 Å². The SMILES string of the molecule is Cc1ccc(C(Cl)(c2ccccc2)c2ccc(CC3=C/C=C\C=C/C=C\3)cc2)cc1. The highest BCUT2D eigenvalue weighted by Gasteiger charge is 2.33. The van der Waals surface area contributed by atoms with Crippen molar-refractivity contribution in [3.05, 3.63) is 155 Å². The minimum Gasteiger partial charge on any atom is -0.104 e. The highest BCUT2D eigenvalue weighted by molar-refractivity contribution is 6.28. The van der Waals surface area contributed by atoms with Gasteiger partial charge in [-0.3, -0.25) is 0 Å². The van der Waals surface area contributed by atoms with Crippen LogP contribution < -0.4 is 0 Å². The second-order valence-corrected chi connectivity index (χ2v) is 8.20. The Kier molecular flexibility index (Phi) is 6.16. The zero-order valence-electron chi connectivity index (χ0n) is 17.1. The molecule has 0 N–H and O–H groups in total. The number of alkyl halides is 1. The molecule has 0 amide bonds. The molecule has 0 saturated carbocycles. The molecule has 0 aliphatic heterocycles. The molecular weight excluding hydrogens is 384 g/mol. The van der Waals surface area contributed by atoms with Crippen molar-refractivity contribution in [2.45, 2.75) is 18.2 Å². The summed E-state index contributed by atoms with van der Waals surface area (Å²) in [4.78, 5) is -0.722. The van der Waals surface area contributed by atoms with Gasteiger partial charge >= 0.3 is 0 Å². The molecule has 3 aromatic rings. The fourth-order valence-electron chi connectivity index (χ4n) is 3.76. The van der Waals surface area contributed by atoms with Crippen LogP contribution in [0.5, 0.6) is 0 Å². The van der Waals surface area contributed by atoms with Crippen LogP contribution in [0.2, 0.25) is 0 Å². The van der Waals surface area contributed by atoms with Crippen LogP contribution in [0.4, 0.5) is 0 Å². The lowest BCUT2D eigenvalue weighted by Crippen LogP contribution is -2.22. The van der Waals surface area contributed by atoms with Gasteiger partial charge in [0.2, 0.25) is 0 Å². The number of hydrogen-bond donors (Lipinski definition) is 0. The Morgan fingerprint density at radius 1 is 0.633 bits per heavy atom. The smallest absolute Gasteiger partial charge is 0.104 e. The highest BCUT2D eigenvalue weighted by Crippen LogP contribution is 2.43. The first-order valence-corrected chi connectivity index (χ1v) is 10.7. The van der Waals surface area contributed by atoms with Crippen molar-refractivity contribution < 1.29 is 0 Å². The molecular formula is C29H25Cl. The van der Waals surface area contributed by atoms with Crippen molar-refractivity contribution in [1.82, 2.24) is 0 Å². The fourth-order valence-corrected chi connectivity index (χ4v) is 4.14. The quantitative estimate of drug-likeness (QED) is 0.300. The lowest BCUT2D eigenvalue weighted by molar-refractivity contribution is 0.877. The minimum absolute atomic E-state index is 0.722. The maximum atomic E-state index is 7.41. The summed E-state index contributed by atoms with van der Waals surface area (Å²) in [5.41, 5.74) is 7.01. The molecule has 4 rings (SSSR count). The first-order valence-electron chi connectivity index (χ1n) is 10.3. The third-order valence-corrected chi connectivity index (χ3v) is 6.10. The first-order chi connectivity index (χ1) is 14.7. The van der Waals surface area contributed by atoms with Crippen molar-refractivity contribution in [2.75, 3.05) is 0 Å². The predicted octanol–water partition coefficient (Wildman–Crippen LogP) is 7.68. The number of benzene rings is 3. The molecule has 0 radical (unpaired) electrons. The van der Waals surface area contributed by atoms with Gasteiger partial charge in [0.25, 0.3) is 0 Å². The van der Waals surface area contributed by atoms with Crippen LogP contribution in [0.3, 0.4) is 0 Å². The summed E-state index contributed by atoms with van der Waals surface area (Å²) in [5, 5.41) is 0. The molecule has 0 bridgehead atoms. The molecule has 1 unspecified atom stereocenters. The standard InChI is InChI=1S/C29H25Cl/c1-23-14-18-27(19-15-23)29(30,26-12-8-5-9-13-26)28-20-16-25(17-21-28)22-24-10-6-3-2-4-7-11-24/h2-21H,22H2,1H3/b3-2-,4-2?,6-3?,7-4-,10-6-,11-7?,24-10?,24-11+. The minimum atomic E-state index is -0.722. The van der Waals surface area contributed by atoms with Gasteiger partial charge in [-0.15, -0.1) is 11.6 Å². The molecule has 0 fully saturated rings. The Morgan fingerprint density at radius 3 is 1.90 bits per heavy atom. The molecule has 0 heterocycles. The summed E-state index contributed by atoms with van der Waals surface area (Å²) in [5.74, 6) is 0. The number of aryl methyl sites for hydroxylation is 1. The summed E-state index contributed by atoms with van der Waals surface area (Å²) in [6, 6.07) is 27.5. The summed E-state index contributed by atoms with van der Waals surface area (Å²) in [6.07, 6.45) is 15.5. The average Bonchev–Trinajstić information content (AvgIpc) is 2.76. The largest absolute Gasteiger partial charge is 0.119 e. The Balaban J connectivity index is 1.69. The van der Waals surface area contributed by atoms with Gasteiger partial charge in [-0.1, -0.05) is 127 Å². The zero-order valence-corrected chi connectivity index (χ0v) is 17.9. The Hall–Kier alpha value is -3.09. The third-order valence-electron chi connectivity index (χ3n) is 5.45. The molecule has 0 nitrogen and oxygen atoms in total. The van der Waals surface area contributed by atoms with E-state index in [-0.39, 0.29) is 0 Å². The molecule has 1 atom stereocenters. The molecule has 30 heavy (non-hydrogen) atoms. The van der Waals surface area contributed by atoms with Crippen molar-refractivity contribution in [3.63, 3.8) is 0 Å². The molecule has 1 heteroatoms. The molecule has 3 aromatic carbocycles. The third kappa shape index (κ3) is 4.40. The molecule has 1 aliphatic carbocycles. The maximum Gasteiger partial charge on any atom is 0.119 e. The van der Waals surface area contributed by atoms with E-state index >= 15 is 0 Å². The monoisotopic (exact) mass is 408 g/mol. The van der Waals surface area contributed by atoms with Crippen molar-refractivity contribution in [3.8, 4) is 0 Å². The molecule has 0 aromatic heterocycles. The first kappa shape index (κ1) is 20.2. The number of halogens is 1. The second kappa shape index (κ2) is 9.15. The molecule has 0 saturated heterocycles. The van der Waals surface area contributed by atoms with Crippen LogP contribution in [0.1, 0.15) is 27.8 Å². The molecule has 1 aliphatic rings. The summed E-state index contributed by atoms with van der Waals surface area (Å²) in [6.45, 7) is 2.10. The highest BCUT2D eigenvalue weighted by atomic mass is 35.5. The Morgan fingerprint density at radius 2 is 1.20 bits per heavy atom. The maximum absolute atomic E-state index is 7.41. The van der Waals surface area contributed by atoms with Crippen molar-refractivity contribution in [1.29, 1.82) is 0 Å². The number of hydrogen-bond acceptors (Lipinski definition) is 0.